The van der Waals surface area contributed by atoms with Crippen molar-refractivity contribution < 1.29 is 4.74 Å². The van der Waals surface area contributed by atoms with Crippen LogP contribution in [0.4, 0.5) is 0 Å². The van der Waals surface area contributed by atoms with Crippen LogP contribution >= 0.6 is 11.6 Å². The summed E-state index contributed by atoms with van der Waals surface area (Å²) in [5.74, 6) is 0. The summed E-state index contributed by atoms with van der Waals surface area (Å²) in [5, 5.41) is 4.30. The minimum Gasteiger partial charge on any atom is -0.385 e. The lowest BCUT2D eigenvalue weighted by Gasteiger charge is -2.18. The predicted molar refractivity (Wildman–Crippen MR) is 69.0 cm³/mol. The van der Waals surface area contributed by atoms with E-state index in [-0.39, 0.29) is 0 Å². The molecule has 2 nitrogen and oxygen atoms in total. The molecule has 0 saturated carbocycles. The Bertz CT molecular complexity index is 278. The average Bonchev–Trinajstić information content (AvgIpc) is 2.31. The second kappa shape index (κ2) is 7.66. The van der Waals surface area contributed by atoms with Gasteiger partial charge < -0.3 is 10.1 Å². The molecule has 0 fully saturated rings. The number of hydrogen-bond acceptors (Lipinski definition) is 2. The molecule has 1 atom stereocenters. The molecule has 0 heterocycles. The van der Waals surface area contributed by atoms with Crippen LogP contribution in [0.1, 0.15) is 31.4 Å². The van der Waals surface area contributed by atoms with Crippen LogP contribution in [0, 0.1) is 0 Å². The zero-order valence-corrected chi connectivity index (χ0v) is 10.8. The molecule has 1 aromatic carbocycles. The van der Waals surface area contributed by atoms with E-state index in [4.69, 9.17) is 16.3 Å². The third-order valence-corrected chi connectivity index (χ3v) is 2.78. The average molecular weight is 242 g/mol. The Labute approximate surface area is 103 Å². The van der Waals surface area contributed by atoms with Gasteiger partial charge >= 0.3 is 0 Å². The number of hydrogen-bond donors (Lipinski definition) is 1. The Morgan fingerprint density at radius 2 is 2.00 bits per heavy atom. The maximum Gasteiger partial charge on any atom is 0.0480 e. The van der Waals surface area contributed by atoms with Gasteiger partial charge in [0.1, 0.15) is 0 Å². The van der Waals surface area contributed by atoms with Crippen molar-refractivity contribution in [1.82, 2.24) is 5.32 Å². The Kier molecular flexibility index (Phi) is 6.46. The quantitative estimate of drug-likeness (QED) is 0.790. The molecule has 1 unspecified atom stereocenters. The number of methoxy groups -OCH3 is 1. The molecule has 1 N–H and O–H groups in total. The van der Waals surface area contributed by atoms with E-state index in [1.54, 1.807) is 7.11 Å². The summed E-state index contributed by atoms with van der Waals surface area (Å²) >= 11 is 5.88. The van der Waals surface area contributed by atoms with Crippen molar-refractivity contribution in [2.24, 2.45) is 0 Å². The summed E-state index contributed by atoms with van der Waals surface area (Å²) in [6.45, 7) is 3.96. The van der Waals surface area contributed by atoms with Gasteiger partial charge in [-0.25, -0.2) is 0 Å². The van der Waals surface area contributed by atoms with Crippen LogP contribution in [0.25, 0.3) is 0 Å². The summed E-state index contributed by atoms with van der Waals surface area (Å²) in [6, 6.07) is 8.38. The number of rotatable bonds is 7. The molecule has 0 saturated heterocycles. The van der Waals surface area contributed by atoms with Gasteiger partial charge in [0.15, 0.2) is 0 Å². The summed E-state index contributed by atoms with van der Waals surface area (Å²) < 4.78 is 5.13. The summed E-state index contributed by atoms with van der Waals surface area (Å²) in [7, 11) is 1.73. The van der Waals surface area contributed by atoms with E-state index < -0.39 is 0 Å². The Balaban J connectivity index is 2.62. The molecule has 0 spiro atoms. The van der Waals surface area contributed by atoms with Crippen molar-refractivity contribution in [2.45, 2.75) is 25.8 Å². The van der Waals surface area contributed by atoms with Crippen molar-refractivity contribution in [3.8, 4) is 0 Å². The lowest BCUT2D eigenvalue weighted by atomic mass is 10.0. The first-order valence-corrected chi connectivity index (χ1v) is 6.13. The number of halogens is 1. The van der Waals surface area contributed by atoms with Crippen LogP contribution in [-0.2, 0) is 4.74 Å². The predicted octanol–water partition coefficient (Wildman–Crippen LogP) is 3.42. The molecule has 0 amide bonds. The van der Waals surface area contributed by atoms with Gasteiger partial charge in [-0.2, -0.15) is 0 Å². The SMILES string of the molecule is CCCNC(CCOC)c1ccc(Cl)cc1. The maximum absolute atomic E-state index is 5.88. The molecule has 16 heavy (non-hydrogen) atoms. The molecule has 1 rings (SSSR count). The molecule has 3 heteroatoms. The highest BCUT2D eigenvalue weighted by Crippen LogP contribution is 2.19. The Hall–Kier alpha value is -0.570. The highest BCUT2D eigenvalue weighted by Gasteiger charge is 2.09. The van der Waals surface area contributed by atoms with Crippen LogP contribution in [0.3, 0.4) is 0 Å². The molecule has 0 aliphatic rings. The van der Waals surface area contributed by atoms with E-state index in [9.17, 15) is 0 Å². The first-order chi connectivity index (χ1) is 7.77. The zero-order chi connectivity index (χ0) is 11.8. The third-order valence-electron chi connectivity index (χ3n) is 2.52. The summed E-state index contributed by atoms with van der Waals surface area (Å²) in [6.07, 6.45) is 2.12. The first-order valence-electron chi connectivity index (χ1n) is 5.75. The fraction of sp³-hybridized carbons (Fsp3) is 0.538. The lowest BCUT2D eigenvalue weighted by molar-refractivity contribution is 0.183. The maximum atomic E-state index is 5.88. The van der Waals surface area contributed by atoms with Crippen LogP contribution in [0.2, 0.25) is 5.02 Å². The van der Waals surface area contributed by atoms with Crippen molar-refractivity contribution in [1.29, 1.82) is 0 Å². The van der Waals surface area contributed by atoms with Crippen molar-refractivity contribution in [3.05, 3.63) is 34.9 Å². The molecule has 0 bridgehead atoms. The van der Waals surface area contributed by atoms with E-state index in [0.717, 1.165) is 31.0 Å². The van der Waals surface area contributed by atoms with Crippen LogP contribution in [0.5, 0.6) is 0 Å². The number of nitrogens with one attached hydrogen (secondary N) is 1. The zero-order valence-electron chi connectivity index (χ0n) is 10.0. The first kappa shape index (κ1) is 13.5. The summed E-state index contributed by atoms with van der Waals surface area (Å²) in [5.41, 5.74) is 1.27. The topological polar surface area (TPSA) is 21.3 Å². The molecule has 0 radical (unpaired) electrons. The van der Waals surface area contributed by atoms with Gasteiger partial charge in [0.25, 0.3) is 0 Å². The monoisotopic (exact) mass is 241 g/mol. The molecule has 0 aliphatic carbocycles. The molecular weight excluding hydrogens is 222 g/mol. The van der Waals surface area contributed by atoms with E-state index in [0.29, 0.717) is 6.04 Å². The standard InChI is InChI=1S/C13H20ClNO/c1-3-9-15-13(8-10-16-2)11-4-6-12(14)7-5-11/h4-7,13,15H,3,8-10H2,1-2H3. The number of benzene rings is 1. The molecule has 0 aromatic heterocycles. The largest absolute Gasteiger partial charge is 0.385 e. The van der Waals surface area contributed by atoms with Crippen molar-refractivity contribution in [3.63, 3.8) is 0 Å². The van der Waals surface area contributed by atoms with Crippen LogP contribution in [-0.4, -0.2) is 20.3 Å². The van der Waals surface area contributed by atoms with Gasteiger partial charge in [-0.3, -0.25) is 0 Å². The van der Waals surface area contributed by atoms with Crippen LogP contribution in [0.15, 0.2) is 24.3 Å². The van der Waals surface area contributed by atoms with E-state index in [1.165, 1.54) is 5.56 Å². The minimum atomic E-state index is 0.358. The van der Waals surface area contributed by atoms with E-state index >= 15 is 0 Å². The van der Waals surface area contributed by atoms with E-state index in [2.05, 4.69) is 24.4 Å². The molecular formula is C13H20ClNO. The Morgan fingerprint density at radius 1 is 1.31 bits per heavy atom. The van der Waals surface area contributed by atoms with Gasteiger partial charge in [-0.1, -0.05) is 30.7 Å². The minimum absolute atomic E-state index is 0.358. The Morgan fingerprint density at radius 3 is 2.56 bits per heavy atom. The van der Waals surface area contributed by atoms with Gasteiger partial charge in [-0.15, -0.1) is 0 Å². The van der Waals surface area contributed by atoms with E-state index in [1.807, 2.05) is 12.1 Å². The molecule has 90 valence electrons. The molecule has 0 aliphatic heterocycles. The number of ether oxygens (including phenoxy) is 1. The second-order valence-corrected chi connectivity index (χ2v) is 4.28. The second-order valence-electron chi connectivity index (χ2n) is 3.84. The van der Waals surface area contributed by atoms with Crippen LogP contribution < -0.4 is 5.32 Å². The fourth-order valence-electron chi connectivity index (χ4n) is 1.64. The highest BCUT2D eigenvalue weighted by molar-refractivity contribution is 6.30. The van der Waals surface area contributed by atoms with Gasteiger partial charge in [0.05, 0.1) is 0 Å². The fourth-order valence-corrected chi connectivity index (χ4v) is 1.76. The third kappa shape index (κ3) is 4.52. The van der Waals surface area contributed by atoms with Crippen molar-refractivity contribution in [2.75, 3.05) is 20.3 Å². The van der Waals surface area contributed by atoms with Gasteiger partial charge in [-0.05, 0) is 37.1 Å². The highest BCUT2D eigenvalue weighted by atomic mass is 35.5. The lowest BCUT2D eigenvalue weighted by Crippen LogP contribution is -2.23. The smallest absolute Gasteiger partial charge is 0.0480 e. The summed E-state index contributed by atoms with van der Waals surface area (Å²) in [4.78, 5) is 0. The molecule has 1 aromatic rings. The van der Waals surface area contributed by atoms with Gasteiger partial charge in [0.2, 0.25) is 0 Å². The normalized spacial score (nSPS) is 12.7. The van der Waals surface area contributed by atoms with Crippen molar-refractivity contribution >= 4 is 11.6 Å². The van der Waals surface area contributed by atoms with Gasteiger partial charge in [0, 0.05) is 24.8 Å².